The predicted molar refractivity (Wildman–Crippen MR) is 154 cm³/mol. The van der Waals surface area contributed by atoms with Crippen LogP contribution in [0.4, 0.5) is 22.7 Å². The zero-order valence-corrected chi connectivity index (χ0v) is 21.3. The molecular formula is C31H36N4. The molecule has 0 aromatic heterocycles. The average Bonchev–Trinajstić information content (AvgIpc) is 2.91. The largest absolute Gasteiger partial charge is 0.388 e. The molecule has 0 unspecified atom stereocenters. The molecule has 0 spiro atoms. The van der Waals surface area contributed by atoms with Crippen LogP contribution in [0.15, 0.2) is 90.0 Å². The van der Waals surface area contributed by atoms with E-state index in [2.05, 4.69) is 121 Å². The quantitative estimate of drug-likeness (QED) is 0.191. The summed E-state index contributed by atoms with van der Waals surface area (Å²) in [7, 11) is 1.96. The second-order valence-corrected chi connectivity index (χ2v) is 8.66. The Labute approximate surface area is 209 Å². The smallest absolute Gasteiger partial charge is 0.0732 e. The van der Waals surface area contributed by atoms with Gasteiger partial charge in [0, 0.05) is 42.3 Å². The molecule has 4 aromatic carbocycles. The lowest BCUT2D eigenvalue weighted by Gasteiger charge is -2.23. The normalized spacial score (nSPS) is 11.2. The summed E-state index contributed by atoms with van der Waals surface area (Å²) >= 11 is 0. The maximum Gasteiger partial charge on any atom is 0.0732 e. The molecule has 0 amide bonds. The average molecular weight is 465 g/mol. The first-order chi connectivity index (χ1) is 17.2. The molecule has 4 nitrogen and oxygen atoms in total. The highest BCUT2D eigenvalue weighted by Gasteiger charge is 2.14. The van der Waals surface area contributed by atoms with Crippen LogP contribution < -0.4 is 15.2 Å². The molecule has 180 valence electrons. The third-order valence-corrected chi connectivity index (χ3v) is 6.46. The lowest BCUT2D eigenvalue weighted by Crippen LogP contribution is -2.21. The summed E-state index contributed by atoms with van der Waals surface area (Å²) in [5.74, 6) is 0. The SMILES string of the molecule is CCCc1ccc(N(N=Cc2ccc(N(CC)CC)cc2)c2ccc(NC)c3ccccc23)cc1. The zero-order valence-electron chi connectivity index (χ0n) is 21.3. The van der Waals surface area contributed by atoms with E-state index in [-0.39, 0.29) is 0 Å². The van der Waals surface area contributed by atoms with E-state index in [1.165, 1.54) is 16.6 Å². The highest BCUT2D eigenvalue weighted by molar-refractivity contribution is 6.03. The van der Waals surface area contributed by atoms with Crippen LogP contribution in [0.2, 0.25) is 0 Å². The zero-order chi connectivity index (χ0) is 24.6. The second kappa shape index (κ2) is 11.6. The van der Waals surface area contributed by atoms with Crippen molar-refractivity contribution < 1.29 is 0 Å². The summed E-state index contributed by atoms with van der Waals surface area (Å²) in [5.41, 5.74) is 6.87. The van der Waals surface area contributed by atoms with Crippen LogP contribution >= 0.6 is 0 Å². The first-order valence-corrected chi connectivity index (χ1v) is 12.7. The summed E-state index contributed by atoms with van der Waals surface area (Å²) in [6.45, 7) is 8.59. The Balaban J connectivity index is 1.75. The van der Waals surface area contributed by atoms with Gasteiger partial charge in [-0.05, 0) is 67.8 Å². The lowest BCUT2D eigenvalue weighted by atomic mass is 10.1. The molecule has 0 bridgehead atoms. The number of rotatable bonds is 10. The van der Waals surface area contributed by atoms with Gasteiger partial charge in [0.05, 0.1) is 17.6 Å². The molecule has 35 heavy (non-hydrogen) atoms. The van der Waals surface area contributed by atoms with Crippen LogP contribution in [0.5, 0.6) is 0 Å². The number of anilines is 4. The van der Waals surface area contributed by atoms with Gasteiger partial charge in [0.2, 0.25) is 0 Å². The minimum atomic E-state index is 1.00. The van der Waals surface area contributed by atoms with Gasteiger partial charge in [-0.1, -0.05) is 61.9 Å². The number of hydrazone groups is 1. The fourth-order valence-corrected chi connectivity index (χ4v) is 4.53. The number of hydrogen-bond donors (Lipinski definition) is 1. The van der Waals surface area contributed by atoms with Gasteiger partial charge in [0.25, 0.3) is 0 Å². The maximum atomic E-state index is 5.00. The van der Waals surface area contributed by atoms with Gasteiger partial charge in [-0.15, -0.1) is 0 Å². The van der Waals surface area contributed by atoms with Crippen LogP contribution in [0.1, 0.15) is 38.3 Å². The summed E-state index contributed by atoms with van der Waals surface area (Å²) in [4.78, 5) is 2.35. The summed E-state index contributed by atoms with van der Waals surface area (Å²) < 4.78 is 0. The lowest BCUT2D eigenvalue weighted by molar-refractivity contribution is 0.866. The van der Waals surface area contributed by atoms with Crippen LogP contribution in [-0.2, 0) is 6.42 Å². The Bertz CT molecular complexity index is 1260. The number of benzene rings is 4. The summed E-state index contributed by atoms with van der Waals surface area (Å²) in [5, 5.41) is 12.7. The van der Waals surface area contributed by atoms with Crippen molar-refractivity contribution in [1.82, 2.24) is 0 Å². The van der Waals surface area contributed by atoms with Gasteiger partial charge in [-0.3, -0.25) is 0 Å². The van der Waals surface area contributed by atoms with E-state index in [1.807, 2.05) is 13.3 Å². The number of aryl methyl sites for hydroxylation is 1. The van der Waals surface area contributed by atoms with Gasteiger partial charge < -0.3 is 10.2 Å². The van der Waals surface area contributed by atoms with Crippen molar-refractivity contribution >= 4 is 39.7 Å². The second-order valence-electron chi connectivity index (χ2n) is 8.66. The highest BCUT2D eigenvalue weighted by Crippen LogP contribution is 2.36. The molecule has 0 heterocycles. The van der Waals surface area contributed by atoms with E-state index in [0.717, 1.165) is 53.9 Å². The van der Waals surface area contributed by atoms with Crippen molar-refractivity contribution in [2.24, 2.45) is 5.10 Å². The third kappa shape index (κ3) is 5.48. The van der Waals surface area contributed by atoms with Crippen LogP contribution in [0, 0.1) is 0 Å². The monoisotopic (exact) mass is 464 g/mol. The Morgan fingerprint density at radius 3 is 2.03 bits per heavy atom. The Morgan fingerprint density at radius 2 is 1.40 bits per heavy atom. The molecule has 4 heteroatoms. The van der Waals surface area contributed by atoms with Crippen LogP contribution in [0.25, 0.3) is 10.8 Å². The third-order valence-electron chi connectivity index (χ3n) is 6.46. The van der Waals surface area contributed by atoms with Crippen LogP contribution in [-0.4, -0.2) is 26.4 Å². The number of hydrogen-bond acceptors (Lipinski definition) is 4. The molecule has 0 saturated heterocycles. The topological polar surface area (TPSA) is 30.9 Å². The molecule has 0 aliphatic rings. The first kappa shape index (κ1) is 24.3. The molecule has 0 saturated carbocycles. The summed E-state index contributed by atoms with van der Waals surface area (Å²) in [6, 6.07) is 30.2. The highest BCUT2D eigenvalue weighted by atomic mass is 15.5. The number of nitrogens with zero attached hydrogens (tertiary/aromatic N) is 3. The van der Waals surface area contributed by atoms with Crippen molar-refractivity contribution in [2.75, 3.05) is 35.4 Å². The predicted octanol–water partition coefficient (Wildman–Crippen LogP) is 7.85. The van der Waals surface area contributed by atoms with E-state index in [9.17, 15) is 0 Å². The summed E-state index contributed by atoms with van der Waals surface area (Å²) in [6.07, 6.45) is 4.18. The van der Waals surface area contributed by atoms with Gasteiger partial charge in [-0.2, -0.15) is 5.10 Å². The molecule has 4 aromatic rings. The molecule has 0 aliphatic heterocycles. The molecule has 0 atom stereocenters. The Kier molecular flexibility index (Phi) is 8.04. The molecule has 4 rings (SSSR count). The van der Waals surface area contributed by atoms with E-state index < -0.39 is 0 Å². The van der Waals surface area contributed by atoms with E-state index in [4.69, 9.17) is 5.10 Å². The molecule has 0 fully saturated rings. The van der Waals surface area contributed by atoms with Crippen LogP contribution in [0.3, 0.4) is 0 Å². The molecule has 0 aliphatic carbocycles. The standard InChI is InChI=1S/C31H36N4/c1-5-10-24-13-19-27(20-14-24)35(31-22-21-30(32-4)28-11-8-9-12-29(28)31)33-23-25-15-17-26(18-16-25)34(6-2)7-3/h8-9,11-23,32H,5-7,10H2,1-4H3. The molecular weight excluding hydrogens is 428 g/mol. The van der Waals surface area contributed by atoms with Crippen molar-refractivity contribution in [3.63, 3.8) is 0 Å². The van der Waals surface area contributed by atoms with E-state index >= 15 is 0 Å². The number of fused-ring (bicyclic) bond motifs is 1. The van der Waals surface area contributed by atoms with Gasteiger partial charge in [0.1, 0.15) is 0 Å². The fourth-order valence-electron chi connectivity index (χ4n) is 4.53. The van der Waals surface area contributed by atoms with E-state index in [1.54, 1.807) is 0 Å². The first-order valence-electron chi connectivity index (χ1n) is 12.7. The van der Waals surface area contributed by atoms with Crippen molar-refractivity contribution in [3.8, 4) is 0 Å². The fraction of sp³-hybridized carbons (Fsp3) is 0.258. The van der Waals surface area contributed by atoms with Crippen molar-refractivity contribution in [3.05, 3.63) is 96.1 Å². The molecule has 0 radical (unpaired) electrons. The van der Waals surface area contributed by atoms with Gasteiger partial charge in [0.15, 0.2) is 0 Å². The van der Waals surface area contributed by atoms with Crippen molar-refractivity contribution in [2.45, 2.75) is 33.6 Å². The van der Waals surface area contributed by atoms with E-state index in [0.29, 0.717) is 0 Å². The number of nitrogens with one attached hydrogen (secondary N) is 1. The van der Waals surface area contributed by atoms with Gasteiger partial charge >= 0.3 is 0 Å². The van der Waals surface area contributed by atoms with Crippen molar-refractivity contribution in [1.29, 1.82) is 0 Å². The Morgan fingerprint density at radius 1 is 0.743 bits per heavy atom. The maximum absolute atomic E-state index is 5.00. The minimum absolute atomic E-state index is 1.00. The Hall–Kier alpha value is -3.79. The van der Waals surface area contributed by atoms with Gasteiger partial charge in [-0.25, -0.2) is 5.01 Å². The molecule has 1 N–H and O–H groups in total. The minimum Gasteiger partial charge on any atom is -0.388 e.